The first-order valence-corrected chi connectivity index (χ1v) is 4.93. The van der Waals surface area contributed by atoms with Crippen molar-refractivity contribution in [2.24, 2.45) is 0 Å². The van der Waals surface area contributed by atoms with Crippen molar-refractivity contribution in [1.29, 1.82) is 0 Å². The molecule has 74 valence electrons. The molecule has 3 heteroatoms. The van der Waals surface area contributed by atoms with Gasteiger partial charge in [0, 0.05) is 5.56 Å². The normalized spacial score (nSPS) is 23.4. The van der Waals surface area contributed by atoms with Crippen molar-refractivity contribution < 1.29 is 14.6 Å². The van der Waals surface area contributed by atoms with Gasteiger partial charge in [0.05, 0.1) is 6.10 Å². The molecule has 0 spiro atoms. The van der Waals surface area contributed by atoms with Crippen LogP contribution in [0, 0.1) is 0 Å². The zero-order chi connectivity index (χ0) is 9.54. The highest BCUT2D eigenvalue weighted by Crippen LogP contribution is 2.40. The molecule has 0 saturated heterocycles. The summed E-state index contributed by atoms with van der Waals surface area (Å²) in [7, 11) is 0. The molecule has 1 atom stereocenters. The van der Waals surface area contributed by atoms with Gasteiger partial charge in [-0.1, -0.05) is 6.07 Å². The highest BCUT2D eigenvalue weighted by molar-refractivity contribution is 5.53. The summed E-state index contributed by atoms with van der Waals surface area (Å²) in [6.07, 6.45) is 2.27. The van der Waals surface area contributed by atoms with E-state index >= 15 is 0 Å². The Hall–Kier alpha value is -1.22. The van der Waals surface area contributed by atoms with E-state index in [9.17, 15) is 5.11 Å². The van der Waals surface area contributed by atoms with Crippen LogP contribution in [0.4, 0.5) is 0 Å². The molecule has 0 radical (unpaired) electrons. The summed E-state index contributed by atoms with van der Waals surface area (Å²) >= 11 is 0. The van der Waals surface area contributed by atoms with Gasteiger partial charge in [-0.3, -0.25) is 0 Å². The lowest BCUT2D eigenvalue weighted by molar-refractivity contribution is 0.155. The highest BCUT2D eigenvalue weighted by atomic mass is 16.7. The van der Waals surface area contributed by atoms with Gasteiger partial charge in [-0.15, -0.1) is 0 Å². The topological polar surface area (TPSA) is 38.7 Å². The molecule has 1 heterocycles. The van der Waals surface area contributed by atoms with Gasteiger partial charge >= 0.3 is 0 Å². The number of rotatable bonds is 0. The summed E-state index contributed by atoms with van der Waals surface area (Å²) in [6, 6.07) is 3.96. The fourth-order valence-corrected chi connectivity index (χ4v) is 2.20. The van der Waals surface area contributed by atoms with E-state index in [-0.39, 0.29) is 6.10 Å². The zero-order valence-electron chi connectivity index (χ0n) is 7.82. The number of hydrogen-bond acceptors (Lipinski definition) is 3. The van der Waals surface area contributed by atoms with Crippen LogP contribution in [0.2, 0.25) is 0 Å². The third-order valence-corrected chi connectivity index (χ3v) is 2.92. The van der Waals surface area contributed by atoms with Gasteiger partial charge in [0.25, 0.3) is 0 Å². The summed E-state index contributed by atoms with van der Waals surface area (Å²) in [5.74, 6) is 1.74. The van der Waals surface area contributed by atoms with Crippen LogP contribution < -0.4 is 9.47 Å². The van der Waals surface area contributed by atoms with Gasteiger partial charge in [-0.05, 0) is 30.9 Å². The van der Waals surface area contributed by atoms with Crippen LogP contribution in [-0.2, 0) is 12.8 Å². The van der Waals surface area contributed by atoms with Crippen LogP contribution in [0.1, 0.15) is 17.5 Å². The van der Waals surface area contributed by atoms with Crippen LogP contribution in [0.25, 0.3) is 0 Å². The molecular formula is C11H12O3. The van der Waals surface area contributed by atoms with E-state index in [1.807, 2.05) is 12.1 Å². The maximum atomic E-state index is 9.53. The Balaban J connectivity index is 2.10. The quantitative estimate of drug-likeness (QED) is 0.672. The fraction of sp³-hybridized carbons (Fsp3) is 0.455. The Morgan fingerprint density at radius 2 is 2.21 bits per heavy atom. The van der Waals surface area contributed by atoms with Gasteiger partial charge in [0.2, 0.25) is 6.79 Å². The second-order valence-corrected chi connectivity index (χ2v) is 3.83. The minimum Gasteiger partial charge on any atom is -0.454 e. The van der Waals surface area contributed by atoms with Crippen molar-refractivity contribution in [3.8, 4) is 11.5 Å². The van der Waals surface area contributed by atoms with Crippen molar-refractivity contribution in [3.63, 3.8) is 0 Å². The molecule has 0 aromatic heterocycles. The largest absolute Gasteiger partial charge is 0.454 e. The lowest BCUT2D eigenvalue weighted by Crippen LogP contribution is -2.18. The van der Waals surface area contributed by atoms with E-state index in [2.05, 4.69) is 0 Å². The fourth-order valence-electron chi connectivity index (χ4n) is 2.20. The second kappa shape index (κ2) is 2.89. The molecular weight excluding hydrogens is 180 g/mol. The average molecular weight is 192 g/mol. The molecule has 3 rings (SSSR count). The Morgan fingerprint density at radius 1 is 1.29 bits per heavy atom. The van der Waals surface area contributed by atoms with E-state index in [0.29, 0.717) is 6.79 Å². The average Bonchev–Trinajstić information content (AvgIpc) is 2.65. The Labute approximate surface area is 82.3 Å². The number of aliphatic hydroxyl groups excluding tert-OH is 1. The van der Waals surface area contributed by atoms with Gasteiger partial charge in [-0.2, -0.15) is 0 Å². The van der Waals surface area contributed by atoms with Crippen molar-refractivity contribution in [2.45, 2.75) is 25.4 Å². The van der Waals surface area contributed by atoms with Crippen molar-refractivity contribution in [1.82, 2.24) is 0 Å². The predicted molar refractivity (Wildman–Crippen MR) is 50.6 cm³/mol. The Bertz CT molecular complexity index is 373. The molecule has 1 aliphatic carbocycles. The van der Waals surface area contributed by atoms with Crippen LogP contribution in [0.5, 0.6) is 11.5 Å². The van der Waals surface area contributed by atoms with Crippen molar-refractivity contribution in [3.05, 3.63) is 23.3 Å². The second-order valence-electron chi connectivity index (χ2n) is 3.83. The standard InChI is InChI=1S/C11H12O3/c12-8-2-3-9-7(5-8)1-4-10-11(9)14-6-13-10/h1,4,8,12H,2-3,5-6H2. The first kappa shape index (κ1) is 8.12. The number of benzene rings is 1. The van der Waals surface area contributed by atoms with Gasteiger partial charge in [-0.25, -0.2) is 0 Å². The first-order valence-electron chi connectivity index (χ1n) is 4.93. The van der Waals surface area contributed by atoms with Crippen molar-refractivity contribution in [2.75, 3.05) is 6.79 Å². The number of fused-ring (bicyclic) bond motifs is 3. The molecule has 0 bridgehead atoms. The van der Waals surface area contributed by atoms with Crippen LogP contribution in [0.15, 0.2) is 12.1 Å². The number of ether oxygens (including phenoxy) is 2. The molecule has 0 amide bonds. The Morgan fingerprint density at radius 3 is 3.14 bits per heavy atom. The molecule has 0 fully saturated rings. The van der Waals surface area contributed by atoms with E-state index < -0.39 is 0 Å². The lowest BCUT2D eigenvalue weighted by atomic mass is 9.89. The maximum Gasteiger partial charge on any atom is 0.231 e. The number of hydrogen-bond donors (Lipinski definition) is 1. The molecule has 1 aromatic rings. The van der Waals surface area contributed by atoms with Crippen LogP contribution in [-0.4, -0.2) is 18.0 Å². The molecule has 0 saturated carbocycles. The molecule has 2 aliphatic rings. The first-order chi connectivity index (χ1) is 6.84. The minimum absolute atomic E-state index is 0.192. The van der Waals surface area contributed by atoms with E-state index in [4.69, 9.17) is 9.47 Å². The molecule has 14 heavy (non-hydrogen) atoms. The van der Waals surface area contributed by atoms with Gasteiger partial charge in [0.1, 0.15) is 0 Å². The summed E-state index contributed by atoms with van der Waals surface area (Å²) in [5.41, 5.74) is 2.43. The third kappa shape index (κ3) is 1.09. The molecule has 1 N–H and O–H groups in total. The predicted octanol–water partition coefficient (Wildman–Crippen LogP) is 1.26. The highest BCUT2D eigenvalue weighted by Gasteiger charge is 2.25. The summed E-state index contributed by atoms with van der Waals surface area (Å²) in [6.45, 7) is 0.328. The smallest absolute Gasteiger partial charge is 0.231 e. The minimum atomic E-state index is -0.192. The summed E-state index contributed by atoms with van der Waals surface area (Å²) in [4.78, 5) is 0. The third-order valence-electron chi connectivity index (χ3n) is 2.92. The zero-order valence-corrected chi connectivity index (χ0v) is 7.82. The summed E-state index contributed by atoms with van der Waals surface area (Å²) in [5, 5.41) is 9.53. The maximum absolute atomic E-state index is 9.53. The van der Waals surface area contributed by atoms with E-state index in [1.165, 1.54) is 11.1 Å². The lowest BCUT2D eigenvalue weighted by Gasteiger charge is -2.21. The molecule has 3 nitrogen and oxygen atoms in total. The van der Waals surface area contributed by atoms with Gasteiger partial charge in [0.15, 0.2) is 11.5 Å². The van der Waals surface area contributed by atoms with Crippen LogP contribution >= 0.6 is 0 Å². The molecule has 1 aliphatic heterocycles. The van der Waals surface area contributed by atoms with E-state index in [1.54, 1.807) is 0 Å². The SMILES string of the molecule is OC1CCc2c(ccc3c2OCO3)C1. The van der Waals surface area contributed by atoms with E-state index in [0.717, 1.165) is 30.8 Å². The molecule has 1 aromatic carbocycles. The number of aliphatic hydroxyl groups is 1. The van der Waals surface area contributed by atoms with Crippen molar-refractivity contribution >= 4 is 0 Å². The molecule has 1 unspecified atom stereocenters. The monoisotopic (exact) mass is 192 g/mol. The Kier molecular flexibility index (Phi) is 1.67. The summed E-state index contributed by atoms with van der Waals surface area (Å²) < 4.78 is 10.7. The van der Waals surface area contributed by atoms with Crippen LogP contribution in [0.3, 0.4) is 0 Å². The van der Waals surface area contributed by atoms with Gasteiger partial charge < -0.3 is 14.6 Å².